The molecule has 0 aromatic heterocycles. The molecule has 1 N–H and O–H groups in total. The Morgan fingerprint density at radius 2 is 1.77 bits per heavy atom. The lowest BCUT2D eigenvalue weighted by molar-refractivity contribution is 0.0487. The van der Waals surface area contributed by atoms with E-state index in [0.717, 1.165) is 12.8 Å². The minimum absolute atomic E-state index is 0.110. The average molecular weight is 355 g/mol. The zero-order valence-electron chi connectivity index (χ0n) is 15.3. The van der Waals surface area contributed by atoms with Crippen molar-refractivity contribution in [2.24, 2.45) is 0 Å². The van der Waals surface area contributed by atoms with Gasteiger partial charge in [0, 0.05) is 25.2 Å². The monoisotopic (exact) mass is 355 g/mol. The highest BCUT2D eigenvalue weighted by Gasteiger charge is 2.35. The first kappa shape index (κ1) is 18.3. The largest absolute Gasteiger partial charge is 0.493 e. The predicted octanol–water partition coefficient (Wildman–Crippen LogP) is 3.18. The number of para-hydroxylation sites is 1. The van der Waals surface area contributed by atoms with E-state index in [2.05, 4.69) is 17.4 Å². The maximum absolute atomic E-state index is 12.8. The molecule has 2 aromatic rings. The van der Waals surface area contributed by atoms with Crippen LogP contribution >= 0.6 is 0 Å². The van der Waals surface area contributed by atoms with Crippen molar-refractivity contribution in [3.05, 3.63) is 59.7 Å². The molecule has 0 radical (unpaired) electrons. The van der Waals surface area contributed by atoms with Gasteiger partial charge in [0.15, 0.2) is 11.5 Å². The van der Waals surface area contributed by atoms with Gasteiger partial charge in [-0.15, -0.1) is 0 Å². The smallest absolute Gasteiger partial charge is 0.255 e. The highest BCUT2D eigenvalue weighted by atomic mass is 16.5. The first-order chi connectivity index (χ1) is 12.7. The summed E-state index contributed by atoms with van der Waals surface area (Å²) in [4.78, 5) is 12.8. The molecule has 3 rings (SSSR count). The molecule has 5 nitrogen and oxygen atoms in total. The molecule has 0 atom stereocenters. The number of carbonyl (C=O) groups excluding carboxylic acids is 1. The zero-order valence-corrected chi connectivity index (χ0v) is 15.3. The number of amides is 1. The molecule has 5 heteroatoms. The van der Waals surface area contributed by atoms with Crippen molar-refractivity contribution >= 4 is 5.91 Å². The van der Waals surface area contributed by atoms with Crippen molar-refractivity contribution < 1.29 is 19.0 Å². The van der Waals surface area contributed by atoms with E-state index in [1.807, 2.05) is 18.2 Å². The minimum Gasteiger partial charge on any atom is -0.493 e. The molecule has 1 fully saturated rings. The fourth-order valence-electron chi connectivity index (χ4n) is 3.53. The van der Waals surface area contributed by atoms with Crippen LogP contribution in [0.4, 0.5) is 0 Å². The lowest BCUT2D eigenvalue weighted by atomic mass is 9.74. The maximum atomic E-state index is 12.8. The topological polar surface area (TPSA) is 56.8 Å². The third-order valence-corrected chi connectivity index (χ3v) is 5.07. The Hall–Kier alpha value is -2.53. The summed E-state index contributed by atoms with van der Waals surface area (Å²) in [6.45, 7) is 1.96. The number of benzene rings is 2. The second-order valence-corrected chi connectivity index (χ2v) is 6.48. The fraction of sp³-hybridized carbons (Fsp3) is 0.381. The molecule has 0 aliphatic carbocycles. The Labute approximate surface area is 154 Å². The summed E-state index contributed by atoms with van der Waals surface area (Å²) in [5, 5.41) is 3.10. The SMILES string of the molecule is COc1cccc(C(=O)NCC2(c3ccccc3)CCOCC2)c1OC. The zero-order chi connectivity index (χ0) is 18.4. The highest BCUT2D eigenvalue weighted by molar-refractivity contribution is 5.97. The number of hydrogen-bond acceptors (Lipinski definition) is 4. The molecule has 26 heavy (non-hydrogen) atoms. The quantitative estimate of drug-likeness (QED) is 0.865. The third kappa shape index (κ3) is 3.68. The van der Waals surface area contributed by atoms with E-state index in [1.54, 1.807) is 32.4 Å². The molecule has 0 saturated carbocycles. The number of hydrogen-bond donors (Lipinski definition) is 1. The normalized spacial score (nSPS) is 15.9. The number of ether oxygens (including phenoxy) is 3. The Morgan fingerprint density at radius 3 is 2.42 bits per heavy atom. The molecule has 0 unspecified atom stereocenters. The van der Waals surface area contributed by atoms with E-state index in [-0.39, 0.29) is 11.3 Å². The summed E-state index contributed by atoms with van der Waals surface area (Å²) in [5.74, 6) is 0.833. The minimum atomic E-state index is -0.164. The molecule has 1 saturated heterocycles. The number of carbonyl (C=O) groups is 1. The Kier molecular flexibility index (Phi) is 5.78. The second-order valence-electron chi connectivity index (χ2n) is 6.48. The summed E-state index contributed by atoms with van der Waals surface area (Å²) in [6, 6.07) is 15.7. The van der Waals surface area contributed by atoms with Gasteiger partial charge < -0.3 is 19.5 Å². The first-order valence-corrected chi connectivity index (χ1v) is 8.83. The van der Waals surface area contributed by atoms with E-state index < -0.39 is 0 Å². The summed E-state index contributed by atoms with van der Waals surface area (Å²) >= 11 is 0. The van der Waals surface area contributed by atoms with Crippen LogP contribution in [-0.2, 0) is 10.2 Å². The van der Waals surface area contributed by atoms with Crippen LogP contribution in [0, 0.1) is 0 Å². The van der Waals surface area contributed by atoms with Crippen molar-refractivity contribution in [3.63, 3.8) is 0 Å². The van der Waals surface area contributed by atoms with Crippen LogP contribution in [0.1, 0.15) is 28.8 Å². The molecule has 138 valence electrons. The van der Waals surface area contributed by atoms with Crippen LogP contribution in [0.15, 0.2) is 48.5 Å². The van der Waals surface area contributed by atoms with Crippen LogP contribution in [0.5, 0.6) is 11.5 Å². The molecule has 1 amide bonds. The van der Waals surface area contributed by atoms with Gasteiger partial charge in [-0.25, -0.2) is 0 Å². The highest BCUT2D eigenvalue weighted by Crippen LogP contribution is 2.35. The number of methoxy groups -OCH3 is 2. The van der Waals surface area contributed by atoms with Crippen molar-refractivity contribution in [2.45, 2.75) is 18.3 Å². The molecule has 2 aromatic carbocycles. The summed E-state index contributed by atoms with van der Waals surface area (Å²) in [5.41, 5.74) is 1.60. The van der Waals surface area contributed by atoms with Crippen LogP contribution in [0.2, 0.25) is 0 Å². The number of rotatable bonds is 6. The molecular weight excluding hydrogens is 330 g/mol. The van der Waals surface area contributed by atoms with Gasteiger partial charge in [0.25, 0.3) is 5.91 Å². The van der Waals surface area contributed by atoms with E-state index >= 15 is 0 Å². The molecule has 1 heterocycles. The molecular formula is C21H25NO4. The Morgan fingerprint density at radius 1 is 1.04 bits per heavy atom. The van der Waals surface area contributed by atoms with Gasteiger partial charge in [-0.1, -0.05) is 36.4 Å². The van der Waals surface area contributed by atoms with Crippen molar-refractivity contribution in [1.82, 2.24) is 5.32 Å². The van der Waals surface area contributed by atoms with Gasteiger partial charge in [-0.3, -0.25) is 4.79 Å². The average Bonchev–Trinajstić information content (AvgIpc) is 2.72. The van der Waals surface area contributed by atoms with Crippen LogP contribution in [-0.4, -0.2) is 39.9 Å². The lowest BCUT2D eigenvalue weighted by Gasteiger charge is -2.38. The predicted molar refractivity (Wildman–Crippen MR) is 100 cm³/mol. The van der Waals surface area contributed by atoms with Crippen molar-refractivity contribution in [1.29, 1.82) is 0 Å². The maximum Gasteiger partial charge on any atom is 0.255 e. The molecule has 1 aliphatic heterocycles. The van der Waals surface area contributed by atoms with Gasteiger partial charge in [0.05, 0.1) is 19.8 Å². The van der Waals surface area contributed by atoms with Gasteiger partial charge in [-0.2, -0.15) is 0 Å². The molecule has 0 bridgehead atoms. The summed E-state index contributed by atoms with van der Waals surface area (Å²) < 4.78 is 16.2. The van der Waals surface area contributed by atoms with Gasteiger partial charge in [0.2, 0.25) is 0 Å². The fourth-order valence-corrected chi connectivity index (χ4v) is 3.53. The van der Waals surface area contributed by atoms with Gasteiger partial charge in [-0.05, 0) is 30.5 Å². The van der Waals surface area contributed by atoms with E-state index in [9.17, 15) is 4.79 Å². The number of nitrogens with one attached hydrogen (secondary N) is 1. The second kappa shape index (κ2) is 8.23. The van der Waals surface area contributed by atoms with Gasteiger partial charge in [0.1, 0.15) is 0 Å². The third-order valence-electron chi connectivity index (χ3n) is 5.07. The van der Waals surface area contributed by atoms with Crippen LogP contribution in [0.25, 0.3) is 0 Å². The van der Waals surface area contributed by atoms with Crippen LogP contribution < -0.4 is 14.8 Å². The Bertz CT molecular complexity index is 739. The van der Waals surface area contributed by atoms with Crippen LogP contribution in [0.3, 0.4) is 0 Å². The Balaban J connectivity index is 1.81. The van der Waals surface area contributed by atoms with E-state index in [4.69, 9.17) is 14.2 Å². The summed E-state index contributed by atoms with van der Waals surface area (Å²) in [7, 11) is 3.10. The standard InChI is InChI=1S/C21H25NO4/c1-24-18-10-6-9-17(19(18)25-2)20(23)22-15-21(11-13-26-14-12-21)16-7-4-3-5-8-16/h3-10H,11-15H2,1-2H3,(H,22,23). The van der Waals surface area contributed by atoms with E-state index in [1.165, 1.54) is 5.56 Å². The van der Waals surface area contributed by atoms with Gasteiger partial charge >= 0.3 is 0 Å². The molecule has 1 aliphatic rings. The lowest BCUT2D eigenvalue weighted by Crippen LogP contribution is -2.44. The van der Waals surface area contributed by atoms with Crippen molar-refractivity contribution in [3.8, 4) is 11.5 Å². The molecule has 0 spiro atoms. The van der Waals surface area contributed by atoms with Crippen molar-refractivity contribution in [2.75, 3.05) is 34.0 Å². The van der Waals surface area contributed by atoms with E-state index in [0.29, 0.717) is 36.8 Å². The summed E-state index contributed by atoms with van der Waals surface area (Å²) in [6.07, 6.45) is 1.76. The first-order valence-electron chi connectivity index (χ1n) is 8.83.